The Kier molecular flexibility index (Phi) is 3.44. The number of hydrogen-bond acceptors (Lipinski definition) is 4. The largest absolute Gasteiger partial charge is 0.330 e. The lowest BCUT2D eigenvalue weighted by Gasteiger charge is -2.09. The van der Waals surface area contributed by atoms with E-state index >= 15 is 0 Å². The van der Waals surface area contributed by atoms with E-state index in [0.717, 1.165) is 10.2 Å². The minimum Gasteiger partial charge on any atom is -0.330 e. The third-order valence-corrected chi connectivity index (χ3v) is 4.39. The molecule has 0 aliphatic carbocycles. The number of carbonyl (C=O) groups is 1. The molecule has 2 N–H and O–H groups in total. The Morgan fingerprint density at radius 3 is 2.81 bits per heavy atom. The van der Waals surface area contributed by atoms with Crippen LogP contribution in [0.3, 0.4) is 0 Å². The van der Waals surface area contributed by atoms with E-state index in [1.807, 2.05) is 24.4 Å². The highest BCUT2D eigenvalue weighted by atomic mass is 32.1. The molecule has 0 saturated heterocycles. The fourth-order valence-corrected chi connectivity index (χ4v) is 3.07. The van der Waals surface area contributed by atoms with Gasteiger partial charge < -0.3 is 4.98 Å². The van der Waals surface area contributed by atoms with Crippen molar-refractivity contribution < 1.29 is 4.79 Å². The highest BCUT2D eigenvalue weighted by molar-refractivity contribution is 7.71. The summed E-state index contributed by atoms with van der Waals surface area (Å²) in [6, 6.07) is 8.87. The van der Waals surface area contributed by atoms with Crippen LogP contribution >= 0.6 is 23.6 Å². The fraction of sp³-hybridized carbons (Fsp3) is 0.0714. The number of fused-ring (bicyclic) bond motifs is 1. The van der Waals surface area contributed by atoms with Gasteiger partial charge in [-0.3, -0.25) is 15.0 Å². The van der Waals surface area contributed by atoms with Crippen molar-refractivity contribution in [3.05, 3.63) is 61.3 Å². The first-order chi connectivity index (χ1) is 10.1. The molecule has 2 heterocycles. The van der Waals surface area contributed by atoms with Crippen molar-refractivity contribution in [2.75, 3.05) is 5.43 Å². The first kappa shape index (κ1) is 13.7. The summed E-state index contributed by atoms with van der Waals surface area (Å²) in [4.78, 5) is 28.1. The Bertz CT molecular complexity index is 952. The van der Waals surface area contributed by atoms with Crippen LogP contribution in [0.4, 0.5) is 0 Å². The Balaban J connectivity index is 2.09. The number of hydrogen-bond donors (Lipinski definition) is 2. The molecule has 21 heavy (non-hydrogen) atoms. The van der Waals surface area contributed by atoms with Crippen LogP contribution in [-0.4, -0.2) is 15.6 Å². The van der Waals surface area contributed by atoms with Gasteiger partial charge in [0.25, 0.3) is 11.5 Å². The number of para-hydroxylation sites is 1. The molecule has 0 aliphatic rings. The van der Waals surface area contributed by atoms with Gasteiger partial charge in [0.05, 0.1) is 15.8 Å². The number of nitrogens with zero attached hydrogens (tertiary/aromatic N) is 1. The van der Waals surface area contributed by atoms with Gasteiger partial charge in [0, 0.05) is 0 Å². The van der Waals surface area contributed by atoms with Gasteiger partial charge in [-0.05, 0) is 48.3 Å². The summed E-state index contributed by atoms with van der Waals surface area (Å²) >= 11 is 6.46. The average molecular weight is 317 g/mol. The molecule has 7 heteroatoms. The van der Waals surface area contributed by atoms with E-state index in [1.165, 1.54) is 11.3 Å². The summed E-state index contributed by atoms with van der Waals surface area (Å²) in [7, 11) is 0. The van der Waals surface area contributed by atoms with Gasteiger partial charge in [0.1, 0.15) is 0 Å². The molecular weight excluding hydrogens is 306 g/mol. The van der Waals surface area contributed by atoms with E-state index in [9.17, 15) is 9.59 Å². The second-order valence-corrected chi connectivity index (χ2v) is 5.79. The van der Waals surface area contributed by atoms with Crippen LogP contribution in [0, 0.1) is 11.7 Å². The summed E-state index contributed by atoms with van der Waals surface area (Å²) in [5.74, 6) is -0.348. The van der Waals surface area contributed by atoms with Crippen LogP contribution in [0.25, 0.3) is 10.9 Å². The molecule has 5 nitrogen and oxygen atoms in total. The smallest absolute Gasteiger partial charge is 0.281 e. The maximum absolute atomic E-state index is 12.4. The maximum Gasteiger partial charge on any atom is 0.281 e. The zero-order valence-electron chi connectivity index (χ0n) is 11.0. The predicted octanol–water partition coefficient (Wildman–Crippen LogP) is 2.81. The molecule has 0 bridgehead atoms. The Morgan fingerprint density at radius 1 is 1.33 bits per heavy atom. The fourth-order valence-electron chi connectivity index (χ4n) is 2.02. The minimum absolute atomic E-state index is 0.154. The zero-order valence-corrected chi connectivity index (χ0v) is 12.7. The molecule has 106 valence electrons. The molecule has 0 saturated carbocycles. The minimum atomic E-state index is -0.350. The molecule has 0 aliphatic heterocycles. The number of H-pyrrole nitrogens is 1. The normalized spacial score (nSPS) is 10.7. The number of aromatic nitrogens is 2. The summed E-state index contributed by atoms with van der Waals surface area (Å²) in [5.41, 5.74) is 3.71. The summed E-state index contributed by atoms with van der Waals surface area (Å²) in [6.07, 6.45) is 0. The van der Waals surface area contributed by atoms with Crippen LogP contribution in [0.5, 0.6) is 0 Å². The van der Waals surface area contributed by atoms with Crippen LogP contribution in [0.15, 0.2) is 40.5 Å². The molecule has 0 atom stereocenters. The first-order valence-corrected chi connectivity index (χ1v) is 7.46. The molecule has 0 radical (unpaired) electrons. The van der Waals surface area contributed by atoms with Crippen LogP contribution in [0.1, 0.15) is 15.2 Å². The summed E-state index contributed by atoms with van der Waals surface area (Å²) in [6.45, 7) is 1.84. The molecule has 0 spiro atoms. The molecule has 2 aromatic heterocycles. The SMILES string of the molecule is Cc1ccsc1C(=O)Nn1c(=S)[nH]c2ccccc2c1=O. The van der Waals surface area contributed by atoms with E-state index < -0.39 is 0 Å². The van der Waals surface area contributed by atoms with Gasteiger partial charge in [-0.1, -0.05) is 12.1 Å². The zero-order chi connectivity index (χ0) is 15.0. The van der Waals surface area contributed by atoms with E-state index in [2.05, 4.69) is 10.4 Å². The van der Waals surface area contributed by atoms with Crippen LogP contribution in [-0.2, 0) is 0 Å². The number of thiophene rings is 1. The number of aryl methyl sites for hydroxylation is 1. The number of amides is 1. The van der Waals surface area contributed by atoms with Crippen molar-refractivity contribution in [1.29, 1.82) is 0 Å². The van der Waals surface area contributed by atoms with Gasteiger partial charge >= 0.3 is 0 Å². The molecule has 3 rings (SSSR count). The third-order valence-electron chi connectivity index (χ3n) is 3.09. The average Bonchev–Trinajstić information content (AvgIpc) is 2.89. The van der Waals surface area contributed by atoms with Crippen molar-refractivity contribution >= 4 is 40.4 Å². The lowest BCUT2D eigenvalue weighted by molar-refractivity contribution is 0.101. The van der Waals surface area contributed by atoms with Gasteiger partial charge in [-0.25, -0.2) is 0 Å². The van der Waals surface area contributed by atoms with E-state index in [-0.39, 0.29) is 16.2 Å². The lowest BCUT2D eigenvalue weighted by Crippen LogP contribution is -2.34. The third kappa shape index (κ3) is 2.41. The van der Waals surface area contributed by atoms with Crippen LogP contribution < -0.4 is 11.0 Å². The summed E-state index contributed by atoms with van der Waals surface area (Å²) in [5, 5.41) is 2.29. The number of benzene rings is 1. The highest BCUT2D eigenvalue weighted by Crippen LogP contribution is 2.15. The quantitative estimate of drug-likeness (QED) is 0.714. The first-order valence-electron chi connectivity index (χ1n) is 6.17. The van der Waals surface area contributed by atoms with Crippen molar-refractivity contribution in [3.63, 3.8) is 0 Å². The molecule has 0 unspecified atom stereocenters. The second kappa shape index (κ2) is 5.27. The number of rotatable bonds is 2. The number of carbonyl (C=O) groups excluding carboxylic acids is 1. The molecule has 0 fully saturated rings. The number of nitrogens with one attached hydrogen (secondary N) is 2. The van der Waals surface area contributed by atoms with E-state index in [1.54, 1.807) is 18.2 Å². The van der Waals surface area contributed by atoms with Gasteiger partial charge in [0.15, 0.2) is 4.77 Å². The monoisotopic (exact) mass is 317 g/mol. The van der Waals surface area contributed by atoms with Crippen molar-refractivity contribution in [3.8, 4) is 0 Å². The van der Waals surface area contributed by atoms with Crippen molar-refractivity contribution in [2.24, 2.45) is 0 Å². The molecular formula is C14H11N3O2S2. The highest BCUT2D eigenvalue weighted by Gasteiger charge is 2.13. The van der Waals surface area contributed by atoms with Gasteiger partial charge in [-0.15, -0.1) is 11.3 Å². The van der Waals surface area contributed by atoms with Gasteiger partial charge in [-0.2, -0.15) is 4.68 Å². The Labute approximate surface area is 128 Å². The van der Waals surface area contributed by atoms with Crippen molar-refractivity contribution in [2.45, 2.75) is 6.92 Å². The van der Waals surface area contributed by atoms with Crippen molar-refractivity contribution in [1.82, 2.24) is 9.66 Å². The second-order valence-electron chi connectivity index (χ2n) is 4.49. The number of aromatic amines is 1. The predicted molar refractivity (Wildman–Crippen MR) is 86.1 cm³/mol. The van der Waals surface area contributed by atoms with E-state index in [0.29, 0.717) is 15.8 Å². The van der Waals surface area contributed by atoms with E-state index in [4.69, 9.17) is 12.2 Å². The molecule has 1 aromatic carbocycles. The lowest BCUT2D eigenvalue weighted by atomic mass is 10.2. The molecule has 3 aromatic rings. The van der Waals surface area contributed by atoms with Crippen LogP contribution in [0.2, 0.25) is 0 Å². The standard InChI is InChI=1S/C14H11N3O2S2/c1-8-6-7-21-11(8)12(18)16-17-13(19)9-4-2-3-5-10(9)15-14(17)20/h2-7H,1H3,(H,15,20)(H,16,18). The Morgan fingerprint density at radius 2 is 2.10 bits per heavy atom. The maximum atomic E-state index is 12.4. The van der Waals surface area contributed by atoms with Gasteiger partial charge in [0.2, 0.25) is 0 Å². The molecule has 1 amide bonds. The topological polar surface area (TPSA) is 66.9 Å². The Hall–Kier alpha value is -2.25. The summed E-state index contributed by atoms with van der Waals surface area (Å²) < 4.78 is 1.22.